The second-order valence-electron chi connectivity index (χ2n) is 5.22. The van der Waals surface area contributed by atoms with Gasteiger partial charge in [0.25, 0.3) is 0 Å². The molecule has 1 aliphatic rings. The summed E-state index contributed by atoms with van der Waals surface area (Å²) >= 11 is -0.826. The number of hydrogen-bond acceptors (Lipinski definition) is 0. The van der Waals surface area contributed by atoms with Crippen molar-refractivity contribution >= 4 is 23.1 Å². The summed E-state index contributed by atoms with van der Waals surface area (Å²) in [7, 11) is 9.87. The van der Waals surface area contributed by atoms with E-state index in [2.05, 4.69) is 66.7 Å². The molecule has 0 radical (unpaired) electrons. The van der Waals surface area contributed by atoms with Crippen LogP contribution in [0, 0.1) is 6.08 Å². The third-order valence-electron chi connectivity index (χ3n) is 3.65. The SMILES string of the molecule is [C-]1=Cc2ccccc2C1Cc1ccccc1.[Cl][Zr+2][Cl].c1cc[cH-]c1. The van der Waals surface area contributed by atoms with Crippen LogP contribution in [0.4, 0.5) is 0 Å². The fourth-order valence-corrected chi connectivity index (χ4v) is 2.58. The Bertz CT molecular complexity index is 689. The first-order valence-electron chi connectivity index (χ1n) is 7.70. The van der Waals surface area contributed by atoms with E-state index in [9.17, 15) is 0 Å². The van der Waals surface area contributed by atoms with Crippen LogP contribution >= 0.6 is 17.0 Å². The molecule has 0 spiro atoms. The van der Waals surface area contributed by atoms with Gasteiger partial charge < -0.3 is 0 Å². The van der Waals surface area contributed by atoms with Gasteiger partial charge in [-0.2, -0.15) is 23.8 Å². The quantitative estimate of drug-likeness (QED) is 0.399. The van der Waals surface area contributed by atoms with Crippen LogP contribution in [0.2, 0.25) is 0 Å². The van der Waals surface area contributed by atoms with Crippen molar-refractivity contribution in [3.05, 3.63) is 108 Å². The molecule has 120 valence electrons. The topological polar surface area (TPSA) is 0 Å². The van der Waals surface area contributed by atoms with Crippen molar-refractivity contribution in [3.63, 3.8) is 0 Å². The molecule has 0 N–H and O–H groups in total. The zero-order valence-electron chi connectivity index (χ0n) is 13.2. The third-order valence-corrected chi connectivity index (χ3v) is 3.65. The molecule has 1 aliphatic carbocycles. The maximum absolute atomic E-state index is 4.93. The van der Waals surface area contributed by atoms with Crippen LogP contribution in [0.15, 0.2) is 84.9 Å². The molecule has 1 atom stereocenters. The van der Waals surface area contributed by atoms with Gasteiger partial charge in [0, 0.05) is 0 Å². The molecule has 3 aromatic carbocycles. The van der Waals surface area contributed by atoms with E-state index < -0.39 is 20.8 Å². The monoisotopic (exact) mass is 430 g/mol. The number of halogens is 2. The van der Waals surface area contributed by atoms with Crippen molar-refractivity contribution in [2.45, 2.75) is 12.3 Å². The van der Waals surface area contributed by atoms with Gasteiger partial charge in [-0.1, -0.05) is 54.4 Å². The Kier molecular flexibility index (Phi) is 9.28. The van der Waals surface area contributed by atoms with E-state index in [1.165, 1.54) is 16.7 Å². The summed E-state index contributed by atoms with van der Waals surface area (Å²) in [5, 5.41) is 0. The van der Waals surface area contributed by atoms with Crippen LogP contribution < -0.4 is 0 Å². The van der Waals surface area contributed by atoms with Crippen LogP contribution in [0.1, 0.15) is 22.6 Å². The summed E-state index contributed by atoms with van der Waals surface area (Å²) in [6.45, 7) is 0. The smallest absolute Gasteiger partial charge is 0.172 e. The van der Waals surface area contributed by atoms with E-state index in [0.717, 1.165) is 6.42 Å². The minimum atomic E-state index is -0.826. The molecule has 3 heteroatoms. The molecule has 0 aliphatic heterocycles. The van der Waals surface area contributed by atoms with E-state index >= 15 is 0 Å². The van der Waals surface area contributed by atoms with Gasteiger partial charge in [0.05, 0.1) is 0 Å². The molecule has 0 aromatic heterocycles. The first-order chi connectivity index (χ1) is 11.8. The molecule has 0 nitrogen and oxygen atoms in total. The van der Waals surface area contributed by atoms with Crippen molar-refractivity contribution < 1.29 is 20.8 Å². The Morgan fingerprint density at radius 3 is 2.12 bits per heavy atom. The predicted molar refractivity (Wildman–Crippen MR) is 101 cm³/mol. The van der Waals surface area contributed by atoms with Gasteiger partial charge in [0.15, 0.2) is 0 Å². The van der Waals surface area contributed by atoms with Crippen LogP contribution in [0.5, 0.6) is 0 Å². The summed E-state index contributed by atoms with van der Waals surface area (Å²) in [6.07, 6.45) is 6.61. The molecular weight excluding hydrogens is 414 g/mol. The van der Waals surface area contributed by atoms with Gasteiger partial charge >= 0.3 is 37.9 Å². The maximum atomic E-state index is 4.93. The van der Waals surface area contributed by atoms with E-state index in [4.69, 9.17) is 17.0 Å². The number of hydrogen-bond donors (Lipinski definition) is 0. The summed E-state index contributed by atoms with van der Waals surface area (Å²) in [5.41, 5.74) is 4.11. The third kappa shape index (κ3) is 6.48. The molecule has 0 saturated heterocycles. The van der Waals surface area contributed by atoms with Gasteiger partial charge in [-0.3, -0.25) is 6.08 Å². The number of rotatable bonds is 2. The Balaban J connectivity index is 0.000000217. The fraction of sp³-hybridized carbons (Fsp3) is 0.0952. The van der Waals surface area contributed by atoms with Gasteiger partial charge in [-0.05, 0) is 12.0 Å². The van der Waals surface area contributed by atoms with Crippen LogP contribution in [0.25, 0.3) is 6.08 Å². The molecule has 24 heavy (non-hydrogen) atoms. The number of benzene rings is 2. The van der Waals surface area contributed by atoms with Crippen molar-refractivity contribution in [2.24, 2.45) is 0 Å². The minimum absolute atomic E-state index is 0.429. The summed E-state index contributed by atoms with van der Waals surface area (Å²) in [6, 6.07) is 29.2. The molecule has 0 bridgehead atoms. The Labute approximate surface area is 163 Å². The number of fused-ring (bicyclic) bond motifs is 1. The predicted octanol–water partition coefficient (Wildman–Crippen LogP) is 6.62. The molecule has 0 amide bonds. The molecule has 0 saturated carbocycles. The van der Waals surface area contributed by atoms with Gasteiger partial charge in [0.2, 0.25) is 0 Å². The second kappa shape index (κ2) is 11.5. The zero-order valence-corrected chi connectivity index (χ0v) is 17.2. The fourth-order valence-electron chi connectivity index (χ4n) is 2.58. The standard InChI is InChI=1S/C16H13.C5H5.2ClH.Zr/c1-2-6-13(7-3-1)12-15-11-10-14-8-4-5-9-16(14)15;1-2-4-5-3-1;;;/h1-10,15H,12H2;1-5H;2*1H;/q2*-1;;;+4/p-2. The van der Waals surface area contributed by atoms with Crippen LogP contribution in [-0.2, 0) is 27.3 Å². The second-order valence-corrected chi connectivity index (χ2v) is 8.95. The summed E-state index contributed by atoms with van der Waals surface area (Å²) in [5.74, 6) is 0.429. The maximum Gasteiger partial charge on any atom is -0.172 e. The van der Waals surface area contributed by atoms with E-state index in [0.29, 0.717) is 5.92 Å². The van der Waals surface area contributed by atoms with Crippen molar-refractivity contribution in [1.29, 1.82) is 0 Å². The van der Waals surface area contributed by atoms with E-state index in [1.807, 2.05) is 30.3 Å². The minimum Gasteiger partial charge on any atom is -0.214 e. The average Bonchev–Trinajstić information content (AvgIpc) is 3.31. The molecule has 1 unspecified atom stereocenters. The number of allylic oxidation sites excluding steroid dienone is 1. The van der Waals surface area contributed by atoms with Crippen LogP contribution in [-0.4, -0.2) is 0 Å². The molecule has 0 heterocycles. The molecule has 0 fully saturated rings. The van der Waals surface area contributed by atoms with Crippen molar-refractivity contribution in [2.75, 3.05) is 0 Å². The Morgan fingerprint density at radius 1 is 0.875 bits per heavy atom. The van der Waals surface area contributed by atoms with E-state index in [1.54, 1.807) is 0 Å². The van der Waals surface area contributed by atoms with Crippen molar-refractivity contribution in [3.8, 4) is 0 Å². The molecular formula is C21H18Cl2Zr. The first-order valence-corrected chi connectivity index (χ1v) is 14.0. The largest absolute Gasteiger partial charge is 0.214 e. The average molecular weight is 433 g/mol. The van der Waals surface area contributed by atoms with Gasteiger partial charge in [-0.15, -0.1) is 11.6 Å². The van der Waals surface area contributed by atoms with Crippen molar-refractivity contribution in [1.82, 2.24) is 0 Å². The zero-order chi connectivity index (χ0) is 17.0. The Hall–Kier alpha value is -1.01. The summed E-state index contributed by atoms with van der Waals surface area (Å²) in [4.78, 5) is 0. The van der Waals surface area contributed by atoms with E-state index in [-0.39, 0.29) is 0 Å². The normalized spacial score (nSPS) is 13.7. The molecule has 4 rings (SSSR count). The Morgan fingerprint density at radius 2 is 1.50 bits per heavy atom. The van der Waals surface area contributed by atoms with Crippen LogP contribution in [0.3, 0.4) is 0 Å². The molecule has 3 aromatic rings. The van der Waals surface area contributed by atoms with Gasteiger partial charge in [-0.25, -0.2) is 18.2 Å². The van der Waals surface area contributed by atoms with Gasteiger partial charge in [0.1, 0.15) is 0 Å². The first kappa shape index (κ1) is 19.3. The summed E-state index contributed by atoms with van der Waals surface area (Å²) < 4.78 is 0.